The number of ketones is 1. The molecule has 0 heterocycles. The molecule has 3 heteroatoms. The van der Waals surface area contributed by atoms with Crippen LogP contribution < -0.4 is 5.11 Å². The van der Waals surface area contributed by atoms with Crippen LogP contribution in [0.25, 0.3) is 0 Å². The van der Waals surface area contributed by atoms with Crippen molar-refractivity contribution in [3.8, 4) is 0 Å². The van der Waals surface area contributed by atoms with Crippen LogP contribution in [0.15, 0.2) is 36.1 Å². The van der Waals surface area contributed by atoms with Crippen molar-refractivity contribution in [2.24, 2.45) is 0 Å². The van der Waals surface area contributed by atoms with Crippen molar-refractivity contribution in [3.63, 3.8) is 0 Å². The van der Waals surface area contributed by atoms with E-state index in [-0.39, 0.29) is 31.0 Å². The van der Waals surface area contributed by atoms with E-state index in [1.54, 1.807) is 0 Å². The van der Waals surface area contributed by atoms with E-state index in [0.29, 0.717) is 0 Å². The number of hydrogen-bond donors (Lipinski definition) is 0. The van der Waals surface area contributed by atoms with Crippen LogP contribution in [-0.2, 0) is 24.3 Å². The summed E-state index contributed by atoms with van der Waals surface area (Å²) in [5.74, 6) is -0.375. The molecule has 0 saturated carbocycles. The van der Waals surface area contributed by atoms with Gasteiger partial charge in [0, 0.05) is 19.5 Å². The maximum Gasteiger partial charge on any atom is 0.151 e. The van der Waals surface area contributed by atoms with Crippen LogP contribution in [0.3, 0.4) is 0 Å². The van der Waals surface area contributed by atoms with E-state index in [2.05, 4.69) is 24.3 Å². The Bertz CT molecular complexity index is 235. The second-order valence-corrected chi connectivity index (χ2v) is 3.46. The van der Waals surface area contributed by atoms with Crippen molar-refractivity contribution in [2.75, 3.05) is 0 Å². The van der Waals surface area contributed by atoms with Crippen molar-refractivity contribution in [1.29, 1.82) is 0 Å². The Morgan fingerprint density at radius 1 is 1.00 bits per heavy atom. The van der Waals surface area contributed by atoms with Gasteiger partial charge >= 0.3 is 0 Å². The van der Waals surface area contributed by atoms with Gasteiger partial charge in [0.05, 0.1) is 0 Å². The van der Waals surface area contributed by atoms with Crippen LogP contribution in [-0.4, -0.2) is 5.78 Å². The van der Waals surface area contributed by atoms with Crippen molar-refractivity contribution < 1.29 is 29.4 Å². The van der Waals surface area contributed by atoms with Gasteiger partial charge in [0.15, 0.2) is 5.78 Å². The maximum atomic E-state index is 9.98. The van der Waals surface area contributed by atoms with E-state index < -0.39 is 0 Å². The molecule has 0 fully saturated rings. The minimum Gasteiger partial charge on any atom is -0.876 e. The molecule has 1 radical (unpaired) electrons. The summed E-state index contributed by atoms with van der Waals surface area (Å²) in [5, 5.41) is 9.98. The summed E-state index contributed by atoms with van der Waals surface area (Å²) in [6, 6.07) is 0. The molecule has 0 unspecified atom stereocenters. The number of carbonyl (C=O) groups is 1. The molecular formula is C13H19O2Rh-. The van der Waals surface area contributed by atoms with Gasteiger partial charge in [-0.25, -0.2) is 0 Å². The molecule has 1 aliphatic carbocycles. The molecule has 0 aliphatic heterocycles. The molecule has 93 valence electrons. The van der Waals surface area contributed by atoms with Crippen LogP contribution in [0.4, 0.5) is 0 Å². The van der Waals surface area contributed by atoms with Crippen molar-refractivity contribution in [3.05, 3.63) is 36.1 Å². The molecule has 0 bridgehead atoms. The summed E-state index contributed by atoms with van der Waals surface area (Å²) in [4.78, 5) is 9.98. The third-order valence-corrected chi connectivity index (χ3v) is 1.74. The van der Waals surface area contributed by atoms with Gasteiger partial charge < -0.3 is 5.11 Å². The van der Waals surface area contributed by atoms with Crippen molar-refractivity contribution in [1.82, 2.24) is 0 Å². The summed E-state index contributed by atoms with van der Waals surface area (Å²) in [5.41, 5.74) is 0. The number of allylic oxidation sites excluding steroid dienone is 6. The molecule has 0 aromatic rings. The Morgan fingerprint density at radius 2 is 1.31 bits per heavy atom. The molecule has 1 aliphatic rings. The minimum absolute atomic E-state index is 0. The Labute approximate surface area is 111 Å². The Hall–Kier alpha value is -0.687. The van der Waals surface area contributed by atoms with Gasteiger partial charge in [0.25, 0.3) is 0 Å². The van der Waals surface area contributed by atoms with E-state index in [9.17, 15) is 9.90 Å². The quantitative estimate of drug-likeness (QED) is 0.323. The van der Waals surface area contributed by atoms with E-state index in [4.69, 9.17) is 0 Å². The molecule has 1 rings (SSSR count). The molecule has 16 heavy (non-hydrogen) atoms. The Morgan fingerprint density at radius 3 is 1.44 bits per heavy atom. The molecule has 0 aromatic carbocycles. The average molecular weight is 310 g/mol. The van der Waals surface area contributed by atoms with Crippen LogP contribution in [0.1, 0.15) is 39.5 Å². The second kappa shape index (κ2) is 12.4. The molecule has 0 amide bonds. The first kappa shape index (κ1) is 17.7. The zero-order chi connectivity index (χ0) is 11.5. The predicted octanol–water partition coefficient (Wildman–Crippen LogP) is 2.51. The zero-order valence-electron chi connectivity index (χ0n) is 9.87. The standard InChI is InChI=1S/C8H12.C5H8O2.Rh/c1-2-4-6-8-7-5-3-1;1-4(6)3-5(2)7;/h1-2,7-8H,3-6H2;3,6H,1-2H3;/p-1/b2-1-,8-7?;4-3-;. The molecule has 0 spiro atoms. The predicted molar refractivity (Wildman–Crippen MR) is 61.2 cm³/mol. The maximum absolute atomic E-state index is 9.98. The smallest absolute Gasteiger partial charge is 0.151 e. The van der Waals surface area contributed by atoms with Gasteiger partial charge in [0.1, 0.15) is 0 Å². The molecule has 2 nitrogen and oxygen atoms in total. The van der Waals surface area contributed by atoms with Crippen LogP contribution in [0, 0.1) is 0 Å². The molecule has 0 saturated heterocycles. The topological polar surface area (TPSA) is 40.1 Å². The van der Waals surface area contributed by atoms with Gasteiger partial charge in [-0.15, -0.1) is 5.76 Å². The Balaban J connectivity index is 0. The van der Waals surface area contributed by atoms with Crippen molar-refractivity contribution >= 4 is 5.78 Å². The monoisotopic (exact) mass is 310 g/mol. The van der Waals surface area contributed by atoms with E-state index in [1.807, 2.05) is 0 Å². The molecule has 0 atom stereocenters. The fraction of sp³-hybridized carbons (Fsp3) is 0.462. The van der Waals surface area contributed by atoms with Crippen LogP contribution in [0.5, 0.6) is 0 Å². The van der Waals surface area contributed by atoms with E-state index in [1.165, 1.54) is 39.5 Å². The van der Waals surface area contributed by atoms with Crippen LogP contribution >= 0.6 is 0 Å². The third-order valence-electron chi connectivity index (χ3n) is 1.74. The fourth-order valence-corrected chi connectivity index (χ4v) is 1.14. The summed E-state index contributed by atoms with van der Waals surface area (Å²) < 4.78 is 0. The Kier molecular flexibility index (Phi) is 13.7. The number of rotatable bonds is 1. The number of hydrogen-bond acceptors (Lipinski definition) is 2. The van der Waals surface area contributed by atoms with E-state index in [0.717, 1.165) is 6.08 Å². The molecular weight excluding hydrogens is 291 g/mol. The average Bonchev–Trinajstić information content (AvgIpc) is 1.99. The molecule has 0 N–H and O–H groups in total. The first-order valence-electron chi connectivity index (χ1n) is 5.29. The summed E-state index contributed by atoms with van der Waals surface area (Å²) in [6.45, 7) is 2.70. The summed E-state index contributed by atoms with van der Waals surface area (Å²) in [7, 11) is 0. The first-order chi connectivity index (χ1) is 7.13. The van der Waals surface area contributed by atoms with Gasteiger partial charge in [0.2, 0.25) is 0 Å². The van der Waals surface area contributed by atoms with Crippen molar-refractivity contribution in [2.45, 2.75) is 39.5 Å². The first-order valence-corrected chi connectivity index (χ1v) is 5.29. The van der Waals surface area contributed by atoms with Gasteiger partial charge in [-0.3, -0.25) is 4.79 Å². The third kappa shape index (κ3) is 15.8. The second-order valence-electron chi connectivity index (χ2n) is 3.46. The zero-order valence-corrected chi connectivity index (χ0v) is 11.5. The number of carbonyl (C=O) groups excluding carboxylic acids is 1. The molecule has 0 aromatic heterocycles. The summed E-state index contributed by atoms with van der Waals surface area (Å²) in [6.07, 6.45) is 15.1. The van der Waals surface area contributed by atoms with E-state index >= 15 is 0 Å². The van der Waals surface area contributed by atoms with Gasteiger partial charge in [-0.1, -0.05) is 31.2 Å². The fourth-order valence-electron chi connectivity index (χ4n) is 1.14. The normalized spacial score (nSPS) is 17.0. The van der Waals surface area contributed by atoms with Crippen LogP contribution in [0.2, 0.25) is 0 Å². The van der Waals surface area contributed by atoms with Gasteiger partial charge in [-0.05, 0) is 38.7 Å². The SMILES string of the molecule is C1=CCC/C=C\CC1.CC(=O)/C=C(/C)[O-].[Rh]. The summed E-state index contributed by atoms with van der Waals surface area (Å²) >= 11 is 0. The largest absolute Gasteiger partial charge is 0.876 e. The van der Waals surface area contributed by atoms with Gasteiger partial charge in [-0.2, -0.15) is 0 Å². The minimum atomic E-state index is -0.187.